The molecule has 1 atom stereocenters. The number of aromatic nitrogens is 3. The third kappa shape index (κ3) is 3.04. The molecule has 1 aliphatic heterocycles. The predicted octanol–water partition coefficient (Wildman–Crippen LogP) is 0.872. The Bertz CT molecular complexity index is 329. The molecule has 2 heterocycles. The summed E-state index contributed by atoms with van der Waals surface area (Å²) in [5.74, 6) is 1.09. The molecule has 1 aliphatic rings. The van der Waals surface area contributed by atoms with Gasteiger partial charge in [-0.05, 0) is 32.9 Å². The van der Waals surface area contributed by atoms with E-state index in [9.17, 15) is 0 Å². The smallest absolute Gasteiger partial charge is 0.141 e. The van der Waals surface area contributed by atoms with Crippen molar-refractivity contribution in [3.05, 3.63) is 12.2 Å². The lowest BCUT2D eigenvalue weighted by atomic mass is 10.2. The Balaban J connectivity index is 2.01. The molecule has 0 aliphatic carbocycles. The van der Waals surface area contributed by atoms with Crippen molar-refractivity contribution in [3.8, 4) is 0 Å². The van der Waals surface area contributed by atoms with Crippen LogP contribution in [-0.4, -0.2) is 45.3 Å². The van der Waals surface area contributed by atoms with Gasteiger partial charge in [0.15, 0.2) is 0 Å². The second-order valence-electron chi connectivity index (χ2n) is 4.61. The summed E-state index contributed by atoms with van der Waals surface area (Å²) in [5, 5.41) is 7.67. The van der Waals surface area contributed by atoms with Crippen LogP contribution >= 0.6 is 0 Å². The average Bonchev–Trinajstić information content (AvgIpc) is 2.99. The van der Waals surface area contributed by atoms with Crippen LogP contribution in [0.25, 0.3) is 0 Å². The van der Waals surface area contributed by atoms with Gasteiger partial charge in [-0.2, -0.15) is 5.10 Å². The van der Waals surface area contributed by atoms with Crippen LogP contribution in [-0.2, 0) is 13.1 Å². The standard InChI is InChI=1S/C12H23N5/c1-3-7-16(11-5-6-13-8-11)9-12-14-10-15-17(12)4-2/h10-11,13H,3-9H2,1-2H3. The first-order valence-corrected chi connectivity index (χ1v) is 6.66. The third-order valence-corrected chi connectivity index (χ3v) is 3.40. The molecule has 0 bridgehead atoms. The number of nitrogens with zero attached hydrogens (tertiary/aromatic N) is 4. The minimum Gasteiger partial charge on any atom is -0.315 e. The van der Waals surface area contributed by atoms with Gasteiger partial charge in [-0.25, -0.2) is 9.67 Å². The summed E-state index contributed by atoms with van der Waals surface area (Å²) in [7, 11) is 0. The Kier molecular flexibility index (Phi) is 4.50. The second-order valence-corrected chi connectivity index (χ2v) is 4.61. The zero-order valence-electron chi connectivity index (χ0n) is 10.9. The molecule has 1 saturated heterocycles. The topological polar surface area (TPSA) is 46.0 Å². The van der Waals surface area contributed by atoms with E-state index < -0.39 is 0 Å². The average molecular weight is 237 g/mol. The molecule has 1 aromatic rings. The summed E-state index contributed by atoms with van der Waals surface area (Å²) in [6, 6.07) is 0.664. The highest BCUT2D eigenvalue weighted by atomic mass is 15.3. The molecule has 1 aromatic heterocycles. The molecule has 96 valence electrons. The van der Waals surface area contributed by atoms with E-state index in [0.717, 1.165) is 38.5 Å². The predicted molar refractivity (Wildman–Crippen MR) is 67.7 cm³/mol. The lowest BCUT2D eigenvalue weighted by molar-refractivity contribution is 0.191. The Morgan fingerprint density at radius 3 is 3.06 bits per heavy atom. The largest absolute Gasteiger partial charge is 0.315 e. The van der Waals surface area contributed by atoms with Crippen LogP contribution in [0.5, 0.6) is 0 Å². The fraction of sp³-hybridized carbons (Fsp3) is 0.833. The first-order chi connectivity index (χ1) is 8.35. The third-order valence-electron chi connectivity index (χ3n) is 3.40. The van der Waals surface area contributed by atoms with Crippen LogP contribution in [0.2, 0.25) is 0 Å². The maximum atomic E-state index is 4.37. The first-order valence-electron chi connectivity index (χ1n) is 6.66. The summed E-state index contributed by atoms with van der Waals surface area (Å²) in [6.07, 6.45) is 4.10. The first kappa shape index (κ1) is 12.5. The van der Waals surface area contributed by atoms with E-state index in [2.05, 4.69) is 34.1 Å². The van der Waals surface area contributed by atoms with Gasteiger partial charge in [0.05, 0.1) is 6.54 Å². The van der Waals surface area contributed by atoms with Crippen molar-refractivity contribution in [1.82, 2.24) is 25.0 Å². The highest BCUT2D eigenvalue weighted by Gasteiger charge is 2.22. The minimum atomic E-state index is 0.664. The molecule has 0 saturated carbocycles. The van der Waals surface area contributed by atoms with E-state index in [0.29, 0.717) is 6.04 Å². The van der Waals surface area contributed by atoms with E-state index in [1.165, 1.54) is 12.8 Å². The summed E-state index contributed by atoms with van der Waals surface area (Å²) >= 11 is 0. The zero-order chi connectivity index (χ0) is 12.1. The van der Waals surface area contributed by atoms with Crippen molar-refractivity contribution in [2.45, 2.75) is 45.8 Å². The maximum absolute atomic E-state index is 4.37. The van der Waals surface area contributed by atoms with Gasteiger partial charge in [-0.1, -0.05) is 6.92 Å². The Labute approximate surface area is 103 Å². The van der Waals surface area contributed by atoms with Crippen molar-refractivity contribution >= 4 is 0 Å². The molecular formula is C12H23N5. The van der Waals surface area contributed by atoms with E-state index in [-0.39, 0.29) is 0 Å². The second kappa shape index (κ2) is 6.12. The molecule has 0 radical (unpaired) electrons. The number of rotatable bonds is 6. The van der Waals surface area contributed by atoms with Crippen LogP contribution < -0.4 is 5.32 Å². The molecule has 2 rings (SSSR count). The fourth-order valence-corrected chi connectivity index (χ4v) is 2.49. The Morgan fingerprint density at radius 1 is 1.53 bits per heavy atom. The van der Waals surface area contributed by atoms with Gasteiger partial charge in [0, 0.05) is 19.1 Å². The van der Waals surface area contributed by atoms with Crippen molar-refractivity contribution in [1.29, 1.82) is 0 Å². The van der Waals surface area contributed by atoms with Crippen LogP contribution in [0.15, 0.2) is 6.33 Å². The summed E-state index contributed by atoms with van der Waals surface area (Å²) < 4.78 is 1.99. The number of aryl methyl sites for hydroxylation is 1. The molecule has 1 N–H and O–H groups in total. The van der Waals surface area contributed by atoms with Crippen molar-refractivity contribution < 1.29 is 0 Å². The van der Waals surface area contributed by atoms with Crippen molar-refractivity contribution in [3.63, 3.8) is 0 Å². The molecular weight excluding hydrogens is 214 g/mol. The van der Waals surface area contributed by atoms with Gasteiger partial charge in [-0.3, -0.25) is 4.90 Å². The van der Waals surface area contributed by atoms with E-state index in [4.69, 9.17) is 0 Å². The van der Waals surface area contributed by atoms with Crippen LogP contribution in [0, 0.1) is 0 Å². The Hall–Kier alpha value is -0.940. The molecule has 0 aromatic carbocycles. The normalized spacial score (nSPS) is 20.3. The molecule has 1 fully saturated rings. The number of hydrogen-bond donors (Lipinski definition) is 1. The van der Waals surface area contributed by atoms with E-state index in [1.54, 1.807) is 6.33 Å². The van der Waals surface area contributed by atoms with Gasteiger partial charge < -0.3 is 5.32 Å². The van der Waals surface area contributed by atoms with Gasteiger partial charge in [0.25, 0.3) is 0 Å². The van der Waals surface area contributed by atoms with Gasteiger partial charge in [0.1, 0.15) is 12.2 Å². The van der Waals surface area contributed by atoms with Gasteiger partial charge in [0.2, 0.25) is 0 Å². The number of hydrogen-bond acceptors (Lipinski definition) is 4. The van der Waals surface area contributed by atoms with Crippen LogP contribution in [0.1, 0.15) is 32.5 Å². The van der Waals surface area contributed by atoms with Crippen molar-refractivity contribution in [2.24, 2.45) is 0 Å². The summed E-state index contributed by atoms with van der Waals surface area (Å²) in [4.78, 5) is 6.91. The highest BCUT2D eigenvalue weighted by molar-refractivity contribution is 4.88. The maximum Gasteiger partial charge on any atom is 0.141 e. The fourth-order valence-electron chi connectivity index (χ4n) is 2.49. The SMILES string of the molecule is CCCN(Cc1ncnn1CC)C1CCNC1. The molecule has 17 heavy (non-hydrogen) atoms. The number of nitrogens with one attached hydrogen (secondary N) is 1. The lowest BCUT2D eigenvalue weighted by Crippen LogP contribution is -2.37. The van der Waals surface area contributed by atoms with E-state index in [1.807, 2.05) is 4.68 Å². The summed E-state index contributed by atoms with van der Waals surface area (Å²) in [5.41, 5.74) is 0. The van der Waals surface area contributed by atoms with Crippen molar-refractivity contribution in [2.75, 3.05) is 19.6 Å². The molecule has 5 heteroatoms. The quantitative estimate of drug-likeness (QED) is 0.797. The molecule has 5 nitrogen and oxygen atoms in total. The molecule has 1 unspecified atom stereocenters. The lowest BCUT2D eigenvalue weighted by Gasteiger charge is -2.27. The molecule has 0 amide bonds. The Morgan fingerprint density at radius 2 is 2.41 bits per heavy atom. The van der Waals surface area contributed by atoms with Gasteiger partial charge >= 0.3 is 0 Å². The molecule has 0 spiro atoms. The highest BCUT2D eigenvalue weighted by Crippen LogP contribution is 2.12. The van der Waals surface area contributed by atoms with E-state index >= 15 is 0 Å². The minimum absolute atomic E-state index is 0.664. The monoisotopic (exact) mass is 237 g/mol. The van der Waals surface area contributed by atoms with Gasteiger partial charge in [-0.15, -0.1) is 0 Å². The van der Waals surface area contributed by atoms with Crippen LogP contribution in [0.4, 0.5) is 0 Å². The zero-order valence-corrected chi connectivity index (χ0v) is 10.9. The summed E-state index contributed by atoms with van der Waals surface area (Å²) in [6.45, 7) is 9.57. The van der Waals surface area contributed by atoms with Crippen LogP contribution in [0.3, 0.4) is 0 Å².